The topological polar surface area (TPSA) is 77.7 Å². The number of likely N-dealkylation sites (tertiary alicyclic amines) is 1. The van der Waals surface area contributed by atoms with Crippen LogP contribution in [-0.4, -0.2) is 32.5 Å². The predicted octanol–water partition coefficient (Wildman–Crippen LogP) is 1.36. The maximum Gasteiger partial charge on any atom is 0.250 e. The summed E-state index contributed by atoms with van der Waals surface area (Å²) in [7, 11) is 1.89. The first kappa shape index (κ1) is 14.5. The van der Waals surface area contributed by atoms with E-state index in [0.717, 1.165) is 43.7 Å². The van der Waals surface area contributed by atoms with Crippen LogP contribution in [0.15, 0.2) is 29.5 Å². The quantitative estimate of drug-likeness (QED) is 0.928. The van der Waals surface area contributed by atoms with Crippen molar-refractivity contribution in [3.8, 4) is 6.07 Å². The molecule has 3 heterocycles. The van der Waals surface area contributed by atoms with E-state index in [9.17, 15) is 4.79 Å². The Bertz CT molecular complexity index is 754. The average molecular weight is 297 g/mol. The Morgan fingerprint density at radius 1 is 1.50 bits per heavy atom. The third-order valence-corrected chi connectivity index (χ3v) is 4.21. The molecule has 114 valence electrons. The van der Waals surface area contributed by atoms with Crippen molar-refractivity contribution in [3.63, 3.8) is 0 Å². The largest absolute Gasteiger partial charge is 0.342 e. The molecule has 1 aliphatic rings. The zero-order valence-electron chi connectivity index (χ0n) is 12.6. The van der Waals surface area contributed by atoms with E-state index in [1.54, 1.807) is 6.07 Å². The van der Waals surface area contributed by atoms with Crippen LogP contribution in [0.4, 0.5) is 0 Å². The van der Waals surface area contributed by atoms with E-state index in [2.05, 4.69) is 20.9 Å². The van der Waals surface area contributed by atoms with E-state index in [4.69, 9.17) is 5.26 Å². The summed E-state index contributed by atoms with van der Waals surface area (Å²) in [4.78, 5) is 20.7. The Labute approximate surface area is 129 Å². The number of aryl methyl sites for hydroxylation is 1. The molecule has 2 aromatic heterocycles. The van der Waals surface area contributed by atoms with Gasteiger partial charge in [0.15, 0.2) is 0 Å². The minimum absolute atomic E-state index is 0.0937. The van der Waals surface area contributed by atoms with Crippen molar-refractivity contribution in [1.82, 2.24) is 19.4 Å². The molecule has 0 saturated carbocycles. The zero-order valence-corrected chi connectivity index (χ0v) is 12.6. The Balaban J connectivity index is 1.70. The summed E-state index contributed by atoms with van der Waals surface area (Å²) in [5.41, 5.74) is 2.61. The lowest BCUT2D eigenvalue weighted by Gasteiger charge is -2.32. The van der Waals surface area contributed by atoms with Crippen molar-refractivity contribution < 1.29 is 0 Å². The lowest BCUT2D eigenvalue weighted by atomic mass is 9.94. The molecule has 1 aliphatic heterocycles. The van der Waals surface area contributed by atoms with Crippen LogP contribution in [0, 0.1) is 11.3 Å². The molecular formula is C16H19N5O. The van der Waals surface area contributed by atoms with Crippen LogP contribution in [0.3, 0.4) is 0 Å². The maximum atomic E-state index is 11.4. The molecule has 0 spiro atoms. The van der Waals surface area contributed by atoms with Gasteiger partial charge in [-0.25, -0.2) is 4.98 Å². The van der Waals surface area contributed by atoms with Crippen LogP contribution in [0.25, 0.3) is 0 Å². The van der Waals surface area contributed by atoms with Crippen molar-refractivity contribution in [3.05, 3.63) is 52.0 Å². The second-order valence-corrected chi connectivity index (χ2v) is 5.87. The lowest BCUT2D eigenvalue weighted by molar-refractivity contribution is 0.198. The summed E-state index contributed by atoms with van der Waals surface area (Å²) in [6.07, 6.45) is 5.64. The molecule has 1 atom stereocenters. The van der Waals surface area contributed by atoms with Gasteiger partial charge < -0.3 is 9.55 Å². The van der Waals surface area contributed by atoms with Gasteiger partial charge in [0.25, 0.3) is 5.56 Å². The highest BCUT2D eigenvalue weighted by atomic mass is 16.1. The number of aromatic amines is 1. The Kier molecular flexibility index (Phi) is 4.07. The molecule has 1 fully saturated rings. The van der Waals surface area contributed by atoms with Crippen LogP contribution in [-0.2, 0) is 13.6 Å². The molecule has 0 bridgehead atoms. The van der Waals surface area contributed by atoms with Gasteiger partial charge in [-0.15, -0.1) is 0 Å². The van der Waals surface area contributed by atoms with Crippen LogP contribution < -0.4 is 5.56 Å². The van der Waals surface area contributed by atoms with Crippen LogP contribution in [0.5, 0.6) is 0 Å². The molecule has 1 unspecified atom stereocenters. The Hall–Kier alpha value is -2.39. The van der Waals surface area contributed by atoms with Gasteiger partial charge in [0.05, 0.1) is 12.0 Å². The highest BCUT2D eigenvalue weighted by Crippen LogP contribution is 2.25. The summed E-state index contributed by atoms with van der Waals surface area (Å²) in [6.45, 7) is 2.76. The van der Waals surface area contributed by atoms with E-state index in [-0.39, 0.29) is 5.56 Å². The summed E-state index contributed by atoms with van der Waals surface area (Å²) in [5.74, 6) is 0.301. The summed E-state index contributed by atoms with van der Waals surface area (Å²) < 4.78 is 1.86. The fourth-order valence-corrected chi connectivity index (χ4v) is 3.14. The van der Waals surface area contributed by atoms with Crippen molar-refractivity contribution in [1.29, 1.82) is 5.26 Å². The lowest BCUT2D eigenvalue weighted by Crippen LogP contribution is -2.34. The van der Waals surface area contributed by atoms with E-state index in [1.807, 2.05) is 23.9 Å². The van der Waals surface area contributed by atoms with E-state index >= 15 is 0 Å². The van der Waals surface area contributed by atoms with Gasteiger partial charge in [0.2, 0.25) is 0 Å². The number of H-pyrrole nitrogens is 1. The Morgan fingerprint density at radius 3 is 3.09 bits per heavy atom. The van der Waals surface area contributed by atoms with Crippen molar-refractivity contribution in [2.24, 2.45) is 7.05 Å². The fourth-order valence-electron chi connectivity index (χ4n) is 3.14. The standard InChI is InChI=1S/C16H19N5O/c1-20-8-12(5-14(20)7-17)9-21-4-2-3-13(10-21)15-6-16(22)19-11-18-15/h5-6,8,11,13H,2-4,9-10H2,1H3,(H,18,19,22). The zero-order chi connectivity index (χ0) is 15.5. The molecule has 22 heavy (non-hydrogen) atoms. The maximum absolute atomic E-state index is 11.4. The summed E-state index contributed by atoms with van der Waals surface area (Å²) in [6, 6.07) is 5.73. The number of rotatable bonds is 3. The van der Waals surface area contributed by atoms with Crippen molar-refractivity contribution in [2.45, 2.75) is 25.3 Å². The fraction of sp³-hybridized carbons (Fsp3) is 0.438. The van der Waals surface area contributed by atoms with Gasteiger partial charge in [-0.2, -0.15) is 5.26 Å². The highest BCUT2D eigenvalue weighted by molar-refractivity contribution is 5.28. The smallest absolute Gasteiger partial charge is 0.250 e. The third kappa shape index (κ3) is 3.10. The number of hydrogen-bond donors (Lipinski definition) is 1. The third-order valence-electron chi connectivity index (χ3n) is 4.21. The monoisotopic (exact) mass is 297 g/mol. The summed E-state index contributed by atoms with van der Waals surface area (Å²) >= 11 is 0. The SMILES string of the molecule is Cn1cc(CN2CCCC(c3cc(=O)[nH]cn3)C2)cc1C#N. The van der Waals surface area contributed by atoms with Crippen molar-refractivity contribution in [2.75, 3.05) is 13.1 Å². The number of nitrogens with one attached hydrogen (secondary N) is 1. The molecule has 3 rings (SSSR count). The predicted molar refractivity (Wildman–Crippen MR) is 82.2 cm³/mol. The number of nitrogens with zero attached hydrogens (tertiary/aromatic N) is 4. The van der Waals surface area contributed by atoms with E-state index < -0.39 is 0 Å². The van der Waals surface area contributed by atoms with E-state index in [0.29, 0.717) is 11.6 Å². The summed E-state index contributed by atoms with van der Waals surface area (Å²) in [5, 5.41) is 9.03. The minimum atomic E-state index is -0.0937. The Morgan fingerprint density at radius 2 is 2.36 bits per heavy atom. The molecule has 0 aliphatic carbocycles. The molecule has 6 nitrogen and oxygen atoms in total. The number of aromatic nitrogens is 3. The van der Waals surface area contributed by atoms with Gasteiger partial charge in [0.1, 0.15) is 11.8 Å². The number of hydrogen-bond acceptors (Lipinski definition) is 4. The average Bonchev–Trinajstić information content (AvgIpc) is 2.87. The van der Waals surface area contributed by atoms with Crippen LogP contribution >= 0.6 is 0 Å². The number of nitriles is 1. The van der Waals surface area contributed by atoms with Gasteiger partial charge in [-0.3, -0.25) is 9.69 Å². The second kappa shape index (κ2) is 6.16. The van der Waals surface area contributed by atoms with Crippen LogP contribution in [0.1, 0.15) is 35.7 Å². The molecule has 0 aromatic carbocycles. The van der Waals surface area contributed by atoms with Gasteiger partial charge in [-0.05, 0) is 31.0 Å². The highest BCUT2D eigenvalue weighted by Gasteiger charge is 2.23. The van der Waals surface area contributed by atoms with Crippen LogP contribution in [0.2, 0.25) is 0 Å². The van der Waals surface area contributed by atoms with Crippen molar-refractivity contribution >= 4 is 0 Å². The molecule has 2 aromatic rings. The number of piperidine rings is 1. The first-order valence-corrected chi connectivity index (χ1v) is 7.48. The first-order chi connectivity index (χ1) is 10.7. The first-order valence-electron chi connectivity index (χ1n) is 7.48. The molecule has 0 radical (unpaired) electrons. The van der Waals surface area contributed by atoms with Gasteiger partial charge in [0, 0.05) is 38.3 Å². The van der Waals surface area contributed by atoms with E-state index in [1.165, 1.54) is 6.33 Å². The molecule has 1 saturated heterocycles. The second-order valence-electron chi connectivity index (χ2n) is 5.87. The van der Waals surface area contributed by atoms with Gasteiger partial charge >= 0.3 is 0 Å². The normalized spacial score (nSPS) is 19.0. The molecule has 1 N–H and O–H groups in total. The molecular weight excluding hydrogens is 278 g/mol. The van der Waals surface area contributed by atoms with Gasteiger partial charge in [-0.1, -0.05) is 0 Å². The molecule has 0 amide bonds. The molecule has 6 heteroatoms. The minimum Gasteiger partial charge on any atom is -0.342 e.